The molecule has 0 aromatic rings. The number of nitrogens with zero attached hydrogens (tertiary/aromatic N) is 4. The number of amides is 2. The van der Waals surface area contributed by atoms with Crippen LogP contribution in [0.5, 0.6) is 0 Å². The maximum atomic E-state index is 11.7. The fourth-order valence-corrected chi connectivity index (χ4v) is 3.05. The number of carbonyl (C=O) groups excluding carboxylic acids is 2. The number of halogens is 1. The zero-order chi connectivity index (χ0) is 30.8. The Kier molecular flexibility index (Phi) is 11.3. The third kappa shape index (κ3) is 16.9. The number of likely N-dealkylation sites (N-methyl/N-ethyl adjacent to an activating group) is 2. The molecule has 3 saturated heterocycles. The number of nitrogens with one attached hydrogen (secondary N) is 2. The average Bonchev–Trinajstić information content (AvgIpc) is 2.83. The van der Waals surface area contributed by atoms with Crippen LogP contribution in [0.1, 0.15) is 49.8 Å². The second kappa shape index (κ2) is 16.4. The van der Waals surface area contributed by atoms with E-state index in [1.165, 1.54) is 9.80 Å². The van der Waals surface area contributed by atoms with Crippen LogP contribution in [0.15, 0.2) is 0 Å². The van der Waals surface area contributed by atoms with E-state index < -0.39 is 19.6 Å². The first-order valence-electron chi connectivity index (χ1n) is 15.1. The van der Waals surface area contributed by atoms with E-state index in [9.17, 15) is 9.59 Å². The van der Waals surface area contributed by atoms with Crippen molar-refractivity contribution in [2.24, 2.45) is 0 Å². The van der Waals surface area contributed by atoms with Crippen LogP contribution in [0.3, 0.4) is 0 Å². The number of hydrogen-bond donors (Lipinski definition) is 2. The van der Waals surface area contributed by atoms with Gasteiger partial charge in [0.2, 0.25) is 0 Å². The van der Waals surface area contributed by atoms with Gasteiger partial charge in [-0.2, -0.15) is 0 Å². The molecule has 0 aromatic carbocycles. The maximum Gasteiger partial charge on any atom is 0.410 e. The van der Waals surface area contributed by atoms with Crippen molar-refractivity contribution in [2.75, 3.05) is 92.5 Å². The van der Waals surface area contributed by atoms with Crippen LogP contribution in [0.25, 0.3) is 0 Å². The van der Waals surface area contributed by atoms with Gasteiger partial charge in [0.15, 0.2) is 0 Å². The summed E-state index contributed by atoms with van der Waals surface area (Å²) in [5, 5.41) is 6.28. The van der Waals surface area contributed by atoms with Gasteiger partial charge in [-0.3, -0.25) is 0 Å². The predicted molar refractivity (Wildman–Crippen MR) is 144 cm³/mol. The molecular formula is C24H51ClN6O4. The molecule has 3 aliphatic heterocycles. The Bertz CT molecular complexity index is 773. The van der Waals surface area contributed by atoms with Crippen LogP contribution >= 0.6 is 12.4 Å². The molecule has 0 bridgehead atoms. The normalized spacial score (nSPS) is 23.0. The lowest BCUT2D eigenvalue weighted by atomic mass is 10.2. The van der Waals surface area contributed by atoms with Crippen molar-refractivity contribution in [3.05, 3.63) is 0 Å². The van der Waals surface area contributed by atoms with Gasteiger partial charge in [-0.25, -0.2) is 9.59 Å². The van der Waals surface area contributed by atoms with Crippen LogP contribution in [-0.2, 0) is 9.47 Å². The maximum absolute atomic E-state index is 11.7. The van der Waals surface area contributed by atoms with Crippen LogP contribution < -0.4 is 10.6 Å². The summed E-state index contributed by atoms with van der Waals surface area (Å²) in [6.45, 7) is 14.7. The Labute approximate surface area is 227 Å². The largest absolute Gasteiger partial charge is 0.444 e. The zero-order valence-corrected chi connectivity index (χ0v) is 23.1. The van der Waals surface area contributed by atoms with E-state index in [4.69, 9.17) is 17.7 Å². The van der Waals surface area contributed by atoms with Gasteiger partial charge in [-0.05, 0) is 55.5 Å². The average molecular weight is 529 g/mol. The fourth-order valence-electron chi connectivity index (χ4n) is 3.05. The number of rotatable bonds is 0. The summed E-state index contributed by atoms with van der Waals surface area (Å²) in [5.74, 6) is 0. The molecule has 0 aromatic heterocycles. The predicted octanol–water partition coefficient (Wildman–Crippen LogP) is 1.94. The molecule has 3 fully saturated rings. The molecule has 2 N–H and O–H groups in total. The highest BCUT2D eigenvalue weighted by Gasteiger charge is 2.24. The number of ether oxygens (including phenoxy) is 2. The van der Waals surface area contributed by atoms with Gasteiger partial charge in [0.05, 0.1) is 0 Å². The van der Waals surface area contributed by atoms with E-state index in [1.807, 2.05) is 41.5 Å². The third-order valence-electron chi connectivity index (χ3n) is 4.82. The number of carbonyl (C=O) groups is 2. The van der Waals surface area contributed by atoms with Crippen molar-refractivity contribution in [3.8, 4) is 0 Å². The third-order valence-corrected chi connectivity index (χ3v) is 4.82. The molecule has 0 unspecified atom stereocenters. The fraction of sp³-hybridized carbons (Fsp3) is 0.917. The summed E-state index contributed by atoms with van der Waals surface area (Å²) in [4.78, 5) is 29.4. The first-order chi connectivity index (χ1) is 18.2. The van der Waals surface area contributed by atoms with E-state index in [1.54, 1.807) is 9.80 Å². The van der Waals surface area contributed by atoms with Crippen molar-refractivity contribution in [1.82, 2.24) is 30.2 Å². The summed E-state index contributed by atoms with van der Waals surface area (Å²) >= 11 is 0. The van der Waals surface area contributed by atoms with Crippen molar-refractivity contribution in [1.29, 1.82) is 0 Å². The van der Waals surface area contributed by atoms with Gasteiger partial charge in [0.1, 0.15) is 11.2 Å². The van der Waals surface area contributed by atoms with E-state index in [2.05, 4.69) is 10.6 Å². The molecule has 2 amide bonds. The minimum atomic E-state index is -2.07. The molecule has 0 saturated carbocycles. The Morgan fingerprint density at radius 3 is 1.31 bits per heavy atom. The quantitative estimate of drug-likeness (QED) is 0.493. The molecule has 11 heteroatoms. The van der Waals surface area contributed by atoms with Crippen LogP contribution in [0.4, 0.5) is 9.59 Å². The highest BCUT2D eigenvalue weighted by atomic mass is 35.5. The van der Waals surface area contributed by atoms with Crippen LogP contribution in [0.2, 0.25) is 0 Å². The van der Waals surface area contributed by atoms with Gasteiger partial charge in [0, 0.05) is 86.8 Å². The first-order valence-corrected chi connectivity index (χ1v) is 12.1. The first kappa shape index (κ1) is 24.0. The number of hydrogen-bond acceptors (Lipinski definition) is 8. The Balaban J connectivity index is 0.000000598. The minimum absolute atomic E-state index is 0. The molecule has 208 valence electrons. The summed E-state index contributed by atoms with van der Waals surface area (Å²) in [6, 6.07) is 0. The Hall–Kier alpha value is -1.33. The molecule has 0 atom stereocenters. The van der Waals surface area contributed by atoms with E-state index >= 15 is 0 Å². The second-order valence-corrected chi connectivity index (χ2v) is 10.4. The van der Waals surface area contributed by atoms with Gasteiger partial charge < -0.3 is 39.7 Å². The Morgan fingerprint density at radius 1 is 0.629 bits per heavy atom. The molecular weight excluding hydrogens is 472 g/mol. The molecule has 3 heterocycles. The molecule has 10 nitrogen and oxygen atoms in total. The van der Waals surface area contributed by atoms with Crippen molar-refractivity contribution >= 4 is 24.6 Å². The van der Waals surface area contributed by atoms with Crippen molar-refractivity contribution in [3.63, 3.8) is 0 Å². The highest BCUT2D eigenvalue weighted by Crippen LogP contribution is 2.11. The summed E-state index contributed by atoms with van der Waals surface area (Å²) in [7, 11) is 0. The van der Waals surface area contributed by atoms with Crippen LogP contribution in [-0.4, -0.2) is 135 Å². The molecule has 0 spiro atoms. The molecule has 0 radical (unpaired) electrons. The topological polar surface area (TPSA) is 89.6 Å². The molecule has 0 aliphatic carbocycles. The lowest BCUT2D eigenvalue weighted by Gasteiger charge is -2.33. The van der Waals surface area contributed by atoms with E-state index in [0.29, 0.717) is 39.3 Å². The van der Waals surface area contributed by atoms with E-state index in [-0.39, 0.29) is 30.2 Å². The van der Waals surface area contributed by atoms with Crippen molar-refractivity contribution in [2.45, 2.75) is 52.7 Å². The van der Waals surface area contributed by atoms with Gasteiger partial charge >= 0.3 is 12.2 Å². The lowest BCUT2D eigenvalue weighted by Crippen LogP contribution is -2.48. The zero-order valence-electron chi connectivity index (χ0n) is 28.3. The van der Waals surface area contributed by atoms with E-state index in [0.717, 1.165) is 39.3 Å². The highest BCUT2D eigenvalue weighted by molar-refractivity contribution is 5.85. The summed E-state index contributed by atoms with van der Waals surface area (Å²) in [5.41, 5.74) is -0.903. The molecule has 3 rings (SSSR count). The summed E-state index contributed by atoms with van der Waals surface area (Å²) in [6.07, 6.45) is -0.573. The smallest absolute Gasteiger partial charge is 0.410 e. The van der Waals surface area contributed by atoms with Gasteiger partial charge in [-0.1, -0.05) is 0 Å². The second-order valence-electron chi connectivity index (χ2n) is 10.4. The van der Waals surface area contributed by atoms with Gasteiger partial charge in [0.25, 0.3) is 0 Å². The monoisotopic (exact) mass is 528 g/mol. The Morgan fingerprint density at radius 2 is 0.971 bits per heavy atom. The molecule has 35 heavy (non-hydrogen) atoms. The number of piperazine rings is 3. The SMILES string of the molecule is CC(C)(C)OC(=O)N1CCNCC1.Cl.[2H]C([2H])([2H])N1CCN(C(=O)OC(C)(C)C)CC1.[2H]C([2H])([2H])N1CCNCC1. The standard InChI is InChI=1S/C10H20N2O2.C9H18N2O2.C5H12N2.ClH/c1-10(2,3)14-9(13)12-7-5-11(4)6-8-12;1-9(2,3)13-8(12)11-6-4-10-5-7-11;1-7-4-2-6-3-5-7;/h5-8H2,1-4H3;10H,4-7H2,1-3H3;6H,2-5H2,1H3;1H/i4D3;;1D3;. The lowest BCUT2D eigenvalue weighted by molar-refractivity contribution is 0.0163. The van der Waals surface area contributed by atoms with Gasteiger partial charge in [-0.15, -0.1) is 12.4 Å². The van der Waals surface area contributed by atoms with Crippen LogP contribution in [0, 0.1) is 0 Å². The van der Waals surface area contributed by atoms with Crippen molar-refractivity contribution < 1.29 is 27.3 Å². The summed E-state index contributed by atoms with van der Waals surface area (Å²) < 4.78 is 53.4. The minimum Gasteiger partial charge on any atom is -0.444 e. The molecule has 3 aliphatic rings.